The van der Waals surface area contributed by atoms with Crippen LogP contribution in [0.1, 0.15) is 17.2 Å². The fourth-order valence-electron chi connectivity index (χ4n) is 3.60. The SMILES string of the molecule is CN(C)CCN1C(=O)C(=O)C(=C(O)c2ccccc2)C1c1ccc2c(c1)OCO2. The second-order valence-electron chi connectivity index (χ2n) is 7.27. The lowest BCUT2D eigenvalue weighted by Crippen LogP contribution is -2.35. The third-order valence-corrected chi connectivity index (χ3v) is 5.09. The summed E-state index contributed by atoms with van der Waals surface area (Å²) in [6.07, 6.45) is 0. The molecule has 1 saturated heterocycles. The summed E-state index contributed by atoms with van der Waals surface area (Å²) in [5, 5.41) is 10.9. The fraction of sp³-hybridized carbons (Fsp3) is 0.273. The van der Waals surface area contributed by atoms with E-state index >= 15 is 0 Å². The van der Waals surface area contributed by atoms with Gasteiger partial charge in [-0.15, -0.1) is 0 Å². The van der Waals surface area contributed by atoms with Gasteiger partial charge in [-0.2, -0.15) is 0 Å². The maximum atomic E-state index is 12.9. The number of carbonyl (C=O) groups is 2. The van der Waals surface area contributed by atoms with Gasteiger partial charge < -0.3 is 24.4 Å². The van der Waals surface area contributed by atoms with Crippen molar-refractivity contribution >= 4 is 17.4 Å². The van der Waals surface area contributed by atoms with E-state index in [-0.39, 0.29) is 18.1 Å². The van der Waals surface area contributed by atoms with Gasteiger partial charge in [-0.1, -0.05) is 36.4 Å². The zero-order chi connectivity index (χ0) is 20.5. The lowest BCUT2D eigenvalue weighted by atomic mass is 9.95. The van der Waals surface area contributed by atoms with Crippen LogP contribution in [0.5, 0.6) is 11.5 Å². The molecule has 0 bridgehead atoms. The van der Waals surface area contributed by atoms with Gasteiger partial charge in [-0.25, -0.2) is 0 Å². The lowest BCUT2D eigenvalue weighted by molar-refractivity contribution is -0.140. The van der Waals surface area contributed by atoms with Crippen molar-refractivity contribution in [1.82, 2.24) is 9.80 Å². The number of hydrogen-bond acceptors (Lipinski definition) is 6. The van der Waals surface area contributed by atoms with E-state index in [9.17, 15) is 14.7 Å². The molecule has 7 nitrogen and oxygen atoms in total. The minimum absolute atomic E-state index is 0.0822. The molecule has 1 atom stereocenters. The highest BCUT2D eigenvalue weighted by Crippen LogP contribution is 2.42. The molecule has 0 aromatic heterocycles. The molecule has 150 valence electrons. The highest BCUT2D eigenvalue weighted by molar-refractivity contribution is 6.46. The number of nitrogens with zero attached hydrogens (tertiary/aromatic N) is 2. The molecule has 2 aromatic rings. The molecule has 1 amide bonds. The van der Waals surface area contributed by atoms with Gasteiger partial charge in [0.15, 0.2) is 11.5 Å². The van der Waals surface area contributed by atoms with Crippen molar-refractivity contribution in [2.75, 3.05) is 34.0 Å². The van der Waals surface area contributed by atoms with E-state index in [2.05, 4.69) is 0 Å². The van der Waals surface area contributed by atoms with E-state index < -0.39 is 17.7 Å². The zero-order valence-corrected chi connectivity index (χ0v) is 16.3. The normalized spacial score (nSPS) is 20.0. The molecule has 4 rings (SSSR count). The molecule has 1 N–H and O–H groups in total. The topological polar surface area (TPSA) is 79.3 Å². The Balaban J connectivity index is 1.84. The number of amides is 1. The van der Waals surface area contributed by atoms with E-state index in [1.54, 1.807) is 42.5 Å². The number of likely N-dealkylation sites (N-methyl/N-ethyl adjacent to an activating group) is 1. The van der Waals surface area contributed by atoms with Gasteiger partial charge in [-0.05, 0) is 31.8 Å². The maximum absolute atomic E-state index is 12.9. The zero-order valence-electron chi connectivity index (χ0n) is 16.3. The van der Waals surface area contributed by atoms with Crippen molar-refractivity contribution in [3.63, 3.8) is 0 Å². The Hall–Kier alpha value is -3.32. The van der Waals surface area contributed by atoms with Crippen molar-refractivity contribution in [1.29, 1.82) is 0 Å². The number of rotatable bonds is 5. The summed E-state index contributed by atoms with van der Waals surface area (Å²) in [4.78, 5) is 29.2. The van der Waals surface area contributed by atoms with Crippen molar-refractivity contribution in [2.24, 2.45) is 0 Å². The Morgan fingerprint density at radius 1 is 1.10 bits per heavy atom. The number of ether oxygens (including phenoxy) is 2. The maximum Gasteiger partial charge on any atom is 0.295 e. The van der Waals surface area contributed by atoms with Crippen molar-refractivity contribution < 1.29 is 24.2 Å². The Morgan fingerprint density at radius 2 is 1.83 bits per heavy atom. The Labute approximate surface area is 168 Å². The predicted octanol–water partition coefficient (Wildman–Crippen LogP) is 2.40. The van der Waals surface area contributed by atoms with E-state index in [0.29, 0.717) is 35.7 Å². The van der Waals surface area contributed by atoms with Crippen LogP contribution in [0.25, 0.3) is 5.76 Å². The first-order chi connectivity index (χ1) is 14.0. The van der Waals surface area contributed by atoms with Crippen LogP contribution in [0.4, 0.5) is 0 Å². The van der Waals surface area contributed by atoms with Crippen LogP contribution in [0.15, 0.2) is 54.1 Å². The molecule has 0 saturated carbocycles. The second kappa shape index (κ2) is 7.60. The van der Waals surface area contributed by atoms with E-state index in [1.807, 2.05) is 25.1 Å². The molecule has 2 heterocycles. The minimum Gasteiger partial charge on any atom is -0.507 e. The number of aliphatic hydroxyl groups excluding tert-OH is 1. The quantitative estimate of drug-likeness (QED) is 0.477. The molecule has 0 spiro atoms. The number of ketones is 1. The first-order valence-corrected chi connectivity index (χ1v) is 9.35. The van der Waals surface area contributed by atoms with Gasteiger partial charge in [-0.3, -0.25) is 9.59 Å². The summed E-state index contributed by atoms with van der Waals surface area (Å²) in [5.74, 6) is -0.318. The number of carbonyl (C=O) groups excluding carboxylic acids is 2. The summed E-state index contributed by atoms with van der Waals surface area (Å²) in [5.41, 5.74) is 1.26. The van der Waals surface area contributed by atoms with Crippen molar-refractivity contribution in [3.05, 3.63) is 65.2 Å². The first kappa shape index (κ1) is 19.0. The van der Waals surface area contributed by atoms with E-state index in [4.69, 9.17) is 9.47 Å². The number of fused-ring (bicyclic) bond motifs is 1. The molecule has 1 unspecified atom stereocenters. The molecule has 0 radical (unpaired) electrons. The van der Waals surface area contributed by atoms with Gasteiger partial charge in [0.2, 0.25) is 6.79 Å². The average Bonchev–Trinajstić information content (AvgIpc) is 3.29. The van der Waals surface area contributed by atoms with Crippen LogP contribution in [0, 0.1) is 0 Å². The molecular formula is C22H22N2O5. The molecule has 1 fully saturated rings. The van der Waals surface area contributed by atoms with Gasteiger partial charge in [0.25, 0.3) is 11.7 Å². The van der Waals surface area contributed by atoms with Crippen LogP contribution < -0.4 is 9.47 Å². The molecule has 7 heteroatoms. The summed E-state index contributed by atoms with van der Waals surface area (Å²) < 4.78 is 10.8. The van der Waals surface area contributed by atoms with E-state index in [0.717, 1.165) is 0 Å². The highest BCUT2D eigenvalue weighted by Gasteiger charge is 2.46. The van der Waals surface area contributed by atoms with Crippen LogP contribution in [-0.2, 0) is 9.59 Å². The van der Waals surface area contributed by atoms with Gasteiger partial charge in [0.05, 0.1) is 11.6 Å². The standard InChI is InChI=1S/C22H22N2O5/c1-23(2)10-11-24-19(15-8-9-16-17(12-15)29-13-28-16)18(21(26)22(24)27)20(25)14-6-4-3-5-7-14/h3-9,12,19,25H,10-11,13H2,1-2H3. The van der Waals surface area contributed by atoms with Gasteiger partial charge in [0, 0.05) is 18.7 Å². The monoisotopic (exact) mass is 394 g/mol. The summed E-state index contributed by atoms with van der Waals surface area (Å²) in [6, 6.07) is 13.4. The molecule has 2 aromatic carbocycles. The molecular weight excluding hydrogens is 372 g/mol. The number of likely N-dealkylation sites (tertiary alicyclic amines) is 1. The highest BCUT2D eigenvalue weighted by atomic mass is 16.7. The molecule has 29 heavy (non-hydrogen) atoms. The second-order valence-corrected chi connectivity index (χ2v) is 7.27. The minimum atomic E-state index is -0.704. The first-order valence-electron chi connectivity index (χ1n) is 9.35. The van der Waals surface area contributed by atoms with Crippen molar-refractivity contribution in [3.8, 4) is 11.5 Å². The van der Waals surface area contributed by atoms with Crippen molar-refractivity contribution in [2.45, 2.75) is 6.04 Å². The third-order valence-electron chi connectivity index (χ3n) is 5.09. The largest absolute Gasteiger partial charge is 0.507 e. The number of benzene rings is 2. The summed E-state index contributed by atoms with van der Waals surface area (Å²) in [6.45, 7) is 1.06. The summed E-state index contributed by atoms with van der Waals surface area (Å²) >= 11 is 0. The lowest BCUT2D eigenvalue weighted by Gasteiger charge is -2.26. The number of aliphatic hydroxyl groups is 1. The van der Waals surface area contributed by atoms with Crippen LogP contribution in [0.3, 0.4) is 0 Å². The summed E-state index contributed by atoms with van der Waals surface area (Å²) in [7, 11) is 3.80. The predicted molar refractivity (Wildman–Crippen MR) is 107 cm³/mol. The van der Waals surface area contributed by atoms with Gasteiger partial charge >= 0.3 is 0 Å². The number of hydrogen-bond donors (Lipinski definition) is 1. The average molecular weight is 394 g/mol. The Bertz CT molecular complexity index is 984. The van der Waals surface area contributed by atoms with Crippen LogP contribution >= 0.6 is 0 Å². The van der Waals surface area contributed by atoms with Crippen LogP contribution in [-0.4, -0.2) is 60.6 Å². The molecule has 0 aliphatic carbocycles. The van der Waals surface area contributed by atoms with Crippen LogP contribution in [0.2, 0.25) is 0 Å². The Kier molecular flexibility index (Phi) is 4.98. The third kappa shape index (κ3) is 3.45. The number of Topliss-reactive ketones (excluding diaryl/α,β-unsaturated/α-hetero) is 1. The van der Waals surface area contributed by atoms with E-state index in [1.165, 1.54) is 4.90 Å². The molecule has 2 aliphatic heterocycles. The smallest absolute Gasteiger partial charge is 0.295 e. The van der Waals surface area contributed by atoms with Gasteiger partial charge in [0.1, 0.15) is 5.76 Å². The fourth-order valence-corrected chi connectivity index (χ4v) is 3.60. The molecule has 2 aliphatic rings. The Morgan fingerprint density at radius 3 is 2.55 bits per heavy atom.